The molecule has 6 atom stereocenters. The van der Waals surface area contributed by atoms with Crippen LogP contribution in [0, 0.1) is 34.5 Å². The molecule has 176 valence electrons. The van der Waals surface area contributed by atoms with Gasteiger partial charge in [-0.2, -0.15) is 0 Å². The van der Waals surface area contributed by atoms with Crippen LogP contribution in [0.25, 0.3) is 0 Å². The van der Waals surface area contributed by atoms with Crippen LogP contribution in [0.5, 0.6) is 0 Å². The highest BCUT2D eigenvalue weighted by Crippen LogP contribution is 2.66. The molecule has 1 aromatic rings. The lowest BCUT2D eigenvalue weighted by atomic mass is 9.46. The van der Waals surface area contributed by atoms with E-state index in [2.05, 4.69) is 19.0 Å². The van der Waals surface area contributed by atoms with Crippen molar-refractivity contribution >= 4 is 17.5 Å². The quantitative estimate of drug-likeness (QED) is 0.276. The first-order valence-electron chi connectivity index (χ1n) is 12.7. The van der Waals surface area contributed by atoms with Crippen molar-refractivity contribution in [2.75, 3.05) is 0 Å². The van der Waals surface area contributed by atoms with Crippen LogP contribution in [0.1, 0.15) is 82.5 Å². The molecule has 0 aromatic carbocycles. The summed E-state index contributed by atoms with van der Waals surface area (Å²) < 4.78 is 1.84. The maximum atomic E-state index is 12.5. The molecular formula is C28H37N2O3+. The van der Waals surface area contributed by atoms with E-state index >= 15 is 0 Å². The number of aryl methyl sites for hydroxylation is 1. The lowest BCUT2D eigenvalue weighted by molar-refractivity contribution is -0.671. The molecule has 5 heteroatoms. The number of rotatable bonds is 3. The van der Waals surface area contributed by atoms with Gasteiger partial charge >= 0.3 is 5.97 Å². The van der Waals surface area contributed by atoms with Crippen LogP contribution < -0.4 is 4.57 Å². The van der Waals surface area contributed by atoms with Crippen molar-refractivity contribution in [2.45, 2.75) is 72.1 Å². The maximum Gasteiger partial charge on any atom is 0.371 e. The second-order valence-electron chi connectivity index (χ2n) is 11.5. The fraction of sp³-hybridized carbons (Fsp3) is 0.643. The Bertz CT molecular complexity index is 1040. The summed E-state index contributed by atoms with van der Waals surface area (Å²) in [7, 11) is 1.89. The number of oxime groups is 1. The molecule has 0 radical (unpaired) electrons. The normalized spacial score (nSPS) is 38.1. The largest absolute Gasteiger partial charge is 0.371 e. The van der Waals surface area contributed by atoms with Crippen LogP contribution in [-0.2, 0) is 16.7 Å². The Hall–Kier alpha value is -2.30. The zero-order valence-corrected chi connectivity index (χ0v) is 20.5. The van der Waals surface area contributed by atoms with E-state index in [9.17, 15) is 9.59 Å². The summed E-state index contributed by atoms with van der Waals surface area (Å²) in [6.07, 6.45) is 14.4. The zero-order valence-electron chi connectivity index (χ0n) is 20.5. The fourth-order valence-electron chi connectivity index (χ4n) is 8.18. The number of pyridine rings is 1. The van der Waals surface area contributed by atoms with Gasteiger partial charge in [0.05, 0.1) is 5.71 Å². The summed E-state index contributed by atoms with van der Waals surface area (Å²) in [6.45, 7) is 6.94. The molecule has 5 nitrogen and oxygen atoms in total. The summed E-state index contributed by atoms with van der Waals surface area (Å²) >= 11 is 0. The Morgan fingerprint density at radius 3 is 2.73 bits per heavy atom. The molecule has 5 rings (SSSR count). The Labute approximate surface area is 197 Å². The zero-order chi connectivity index (χ0) is 23.4. The molecule has 1 aromatic heterocycles. The van der Waals surface area contributed by atoms with Crippen molar-refractivity contribution in [2.24, 2.45) is 46.7 Å². The number of fused-ring (bicyclic) bond motifs is 5. The van der Waals surface area contributed by atoms with E-state index in [-0.39, 0.29) is 10.8 Å². The molecule has 33 heavy (non-hydrogen) atoms. The maximum absolute atomic E-state index is 12.5. The number of nitrogens with zero attached hydrogens (tertiary/aromatic N) is 2. The van der Waals surface area contributed by atoms with Crippen LogP contribution in [0.15, 0.2) is 41.3 Å². The SMILES string of the molecule is C/C(=N\OC(=O)c1ccc[n+](C)c1)[C@H]1CC[C@H]2C3CCC4=CC(=O)CC[C@]4(C)[C@H]3CC[C@]12C. The van der Waals surface area contributed by atoms with Crippen molar-refractivity contribution in [1.29, 1.82) is 0 Å². The van der Waals surface area contributed by atoms with E-state index in [0.717, 1.165) is 30.9 Å². The van der Waals surface area contributed by atoms with E-state index < -0.39 is 5.97 Å². The van der Waals surface area contributed by atoms with Crippen LogP contribution in [0.2, 0.25) is 0 Å². The molecule has 0 saturated heterocycles. The molecule has 0 spiro atoms. The van der Waals surface area contributed by atoms with Gasteiger partial charge in [0.25, 0.3) is 0 Å². The van der Waals surface area contributed by atoms with E-state index in [1.54, 1.807) is 12.3 Å². The monoisotopic (exact) mass is 449 g/mol. The first kappa shape index (κ1) is 22.5. The van der Waals surface area contributed by atoms with Gasteiger partial charge in [0.15, 0.2) is 18.2 Å². The van der Waals surface area contributed by atoms with Gasteiger partial charge in [-0.1, -0.05) is 24.6 Å². The molecular weight excluding hydrogens is 412 g/mol. The lowest BCUT2D eigenvalue weighted by Crippen LogP contribution is -2.51. The summed E-state index contributed by atoms with van der Waals surface area (Å²) in [4.78, 5) is 29.9. The summed E-state index contributed by atoms with van der Waals surface area (Å²) in [5, 5.41) is 4.35. The number of hydrogen-bond acceptors (Lipinski definition) is 4. The summed E-state index contributed by atoms with van der Waals surface area (Å²) in [5.41, 5.74) is 3.32. The fourth-order valence-corrected chi connectivity index (χ4v) is 8.18. The third-order valence-corrected chi connectivity index (χ3v) is 9.91. The topological polar surface area (TPSA) is 59.6 Å². The molecule has 0 amide bonds. The molecule has 0 bridgehead atoms. The van der Waals surface area contributed by atoms with Crippen molar-refractivity contribution in [3.63, 3.8) is 0 Å². The van der Waals surface area contributed by atoms with Gasteiger partial charge in [0, 0.05) is 18.4 Å². The summed E-state index contributed by atoms with van der Waals surface area (Å²) in [5.74, 6) is 2.39. The van der Waals surface area contributed by atoms with Gasteiger partial charge < -0.3 is 4.84 Å². The Morgan fingerprint density at radius 2 is 1.94 bits per heavy atom. The minimum absolute atomic E-state index is 0.209. The van der Waals surface area contributed by atoms with Gasteiger partial charge in [-0.25, -0.2) is 9.36 Å². The van der Waals surface area contributed by atoms with Crippen molar-refractivity contribution in [1.82, 2.24) is 0 Å². The number of carbonyl (C=O) groups excluding carboxylic acids is 2. The molecule has 4 aliphatic carbocycles. The number of hydrogen-bond donors (Lipinski definition) is 0. The van der Waals surface area contributed by atoms with Crippen molar-refractivity contribution in [3.05, 3.63) is 41.7 Å². The molecule has 0 N–H and O–H groups in total. The highest BCUT2D eigenvalue weighted by molar-refractivity contribution is 5.92. The van der Waals surface area contributed by atoms with Crippen LogP contribution in [-0.4, -0.2) is 17.5 Å². The van der Waals surface area contributed by atoms with Crippen LogP contribution in [0.3, 0.4) is 0 Å². The average Bonchev–Trinajstić information content (AvgIpc) is 3.15. The Morgan fingerprint density at radius 1 is 1.12 bits per heavy atom. The molecule has 3 saturated carbocycles. The third-order valence-electron chi connectivity index (χ3n) is 9.91. The molecule has 0 aliphatic heterocycles. The van der Waals surface area contributed by atoms with Crippen LogP contribution >= 0.6 is 0 Å². The molecule has 4 aliphatic rings. The molecule has 3 fully saturated rings. The standard InChI is InChI=1S/C28H37N2O3/c1-18(29-33-26(32)19-6-5-15-30(4)17-19)23-9-10-24-22-8-7-20-16-21(31)11-13-27(20,2)25(22)12-14-28(23,24)3/h5-6,15-17,22-25H,7-14H2,1-4H3/q+1/b29-18+/t22?,23-,24+,25+,27+,28-/m1/s1. The summed E-state index contributed by atoms with van der Waals surface area (Å²) in [6, 6.07) is 3.59. The van der Waals surface area contributed by atoms with Gasteiger partial charge in [-0.05, 0) is 92.6 Å². The first-order chi connectivity index (χ1) is 15.7. The number of ketones is 1. The number of allylic oxidation sites excluding steroid dienone is 1. The third kappa shape index (κ3) is 3.68. The Balaban J connectivity index is 1.33. The van der Waals surface area contributed by atoms with E-state index in [1.807, 2.05) is 36.9 Å². The molecule has 1 heterocycles. The van der Waals surface area contributed by atoms with Gasteiger partial charge in [0.1, 0.15) is 12.6 Å². The highest BCUT2D eigenvalue weighted by atomic mass is 16.7. The first-order valence-corrected chi connectivity index (χ1v) is 12.7. The van der Waals surface area contributed by atoms with Crippen LogP contribution in [0.4, 0.5) is 0 Å². The second kappa shape index (κ2) is 8.18. The van der Waals surface area contributed by atoms with Gasteiger partial charge in [0.2, 0.25) is 0 Å². The number of aromatic nitrogens is 1. The predicted molar refractivity (Wildman–Crippen MR) is 126 cm³/mol. The van der Waals surface area contributed by atoms with E-state index in [1.165, 1.54) is 31.3 Å². The van der Waals surface area contributed by atoms with Crippen molar-refractivity contribution in [3.8, 4) is 0 Å². The van der Waals surface area contributed by atoms with Gasteiger partial charge in [-0.15, -0.1) is 0 Å². The predicted octanol–water partition coefficient (Wildman–Crippen LogP) is 5.19. The van der Waals surface area contributed by atoms with E-state index in [0.29, 0.717) is 35.5 Å². The second-order valence-corrected chi connectivity index (χ2v) is 11.5. The minimum atomic E-state index is -0.402. The lowest BCUT2D eigenvalue weighted by Gasteiger charge is -2.58. The average molecular weight is 450 g/mol. The van der Waals surface area contributed by atoms with E-state index in [4.69, 9.17) is 4.84 Å². The smallest absolute Gasteiger partial charge is 0.313 e. The minimum Gasteiger partial charge on any atom is -0.313 e. The molecule has 1 unspecified atom stereocenters. The highest BCUT2D eigenvalue weighted by Gasteiger charge is 2.59. The Kier molecular flexibility index (Phi) is 5.57. The number of carbonyl (C=O) groups is 2. The van der Waals surface area contributed by atoms with Gasteiger partial charge in [-0.3, -0.25) is 4.79 Å². The van der Waals surface area contributed by atoms with Crippen molar-refractivity contribution < 1.29 is 19.0 Å².